The van der Waals surface area contributed by atoms with E-state index in [0.29, 0.717) is 18.0 Å². The van der Waals surface area contributed by atoms with Gasteiger partial charge < -0.3 is 15.1 Å². The molecular weight excluding hydrogens is 350 g/mol. The van der Waals surface area contributed by atoms with Crippen molar-refractivity contribution in [2.24, 2.45) is 5.92 Å². The summed E-state index contributed by atoms with van der Waals surface area (Å²) in [4.78, 5) is 27.6. The van der Waals surface area contributed by atoms with E-state index in [-0.39, 0.29) is 22.2 Å². The van der Waals surface area contributed by atoms with Gasteiger partial charge in [0.2, 0.25) is 0 Å². The lowest BCUT2D eigenvalue weighted by atomic mass is 9.79. The number of carboxylic acids is 1. The second-order valence-corrected chi connectivity index (χ2v) is 9.70. The van der Waals surface area contributed by atoms with Crippen molar-refractivity contribution in [3.63, 3.8) is 0 Å². The molecule has 1 saturated carbocycles. The number of hydrogen-bond acceptors (Lipinski definition) is 4. The van der Waals surface area contributed by atoms with Crippen LogP contribution in [0.3, 0.4) is 0 Å². The highest BCUT2D eigenvalue weighted by atomic mass is 32.1. The highest BCUT2D eigenvalue weighted by Crippen LogP contribution is 2.42. The van der Waals surface area contributed by atoms with E-state index in [2.05, 4.69) is 0 Å². The summed E-state index contributed by atoms with van der Waals surface area (Å²) < 4.78 is 0. The quantitative estimate of drug-likeness (QED) is 0.826. The lowest BCUT2D eigenvalue weighted by Gasteiger charge is -2.43. The molecule has 1 aromatic rings. The van der Waals surface area contributed by atoms with Gasteiger partial charge in [0, 0.05) is 10.9 Å². The molecule has 1 aliphatic carbocycles. The van der Waals surface area contributed by atoms with Crippen LogP contribution in [0, 0.1) is 5.92 Å². The summed E-state index contributed by atoms with van der Waals surface area (Å²) in [5.74, 6) is -0.955. The molecule has 2 atom stereocenters. The average molecular weight is 380 g/mol. The Labute approximate surface area is 159 Å². The maximum atomic E-state index is 12.9. The third-order valence-electron chi connectivity index (χ3n) is 5.69. The largest absolute Gasteiger partial charge is 0.477 e. The molecule has 0 spiro atoms. The molecule has 0 aromatic carbocycles. The number of carbonyl (C=O) groups excluding carboxylic acids is 1. The number of nitrogens with zero attached hydrogens (tertiary/aromatic N) is 1. The molecule has 1 saturated heterocycles. The van der Waals surface area contributed by atoms with Crippen LogP contribution in [-0.2, 0) is 10.2 Å². The Balaban J connectivity index is 2.05. The van der Waals surface area contributed by atoms with Gasteiger partial charge in [-0.2, -0.15) is 0 Å². The Kier molecular flexibility index (Phi) is 5.45. The van der Waals surface area contributed by atoms with Crippen molar-refractivity contribution in [1.29, 1.82) is 0 Å². The minimum atomic E-state index is -1.03. The molecule has 5 nitrogen and oxygen atoms in total. The molecule has 1 aromatic heterocycles. The van der Waals surface area contributed by atoms with Crippen molar-refractivity contribution in [2.75, 3.05) is 4.90 Å². The Morgan fingerprint density at radius 2 is 1.81 bits per heavy atom. The van der Waals surface area contributed by atoms with Crippen LogP contribution in [0.4, 0.5) is 5.69 Å². The zero-order chi connectivity index (χ0) is 19.1. The fourth-order valence-corrected chi connectivity index (χ4v) is 5.30. The molecule has 1 amide bonds. The number of hydrogen-bond donors (Lipinski definition) is 2. The second kappa shape index (κ2) is 7.31. The van der Waals surface area contributed by atoms with Crippen LogP contribution < -0.4 is 4.90 Å². The second-order valence-electron chi connectivity index (χ2n) is 8.65. The van der Waals surface area contributed by atoms with E-state index < -0.39 is 12.1 Å². The third kappa shape index (κ3) is 3.67. The van der Waals surface area contributed by atoms with E-state index in [4.69, 9.17) is 0 Å². The number of anilines is 1. The van der Waals surface area contributed by atoms with E-state index in [1.165, 1.54) is 17.8 Å². The number of carbonyl (C=O) groups is 2. The molecule has 6 heteroatoms. The fraction of sp³-hybridized carbons (Fsp3) is 0.700. The predicted molar refractivity (Wildman–Crippen MR) is 103 cm³/mol. The zero-order valence-corrected chi connectivity index (χ0v) is 16.6. The fourth-order valence-electron chi connectivity index (χ4n) is 4.25. The molecule has 2 heterocycles. The topological polar surface area (TPSA) is 77.8 Å². The highest BCUT2D eigenvalue weighted by Gasteiger charge is 2.42. The van der Waals surface area contributed by atoms with Gasteiger partial charge in [-0.3, -0.25) is 4.79 Å². The summed E-state index contributed by atoms with van der Waals surface area (Å²) in [6, 6.07) is 1.85. The van der Waals surface area contributed by atoms with Crippen LogP contribution in [0.5, 0.6) is 0 Å². The van der Waals surface area contributed by atoms with Gasteiger partial charge in [0.15, 0.2) is 0 Å². The first-order chi connectivity index (χ1) is 12.2. The third-order valence-corrected chi connectivity index (χ3v) is 7.23. The lowest BCUT2D eigenvalue weighted by Crippen LogP contribution is -2.54. The van der Waals surface area contributed by atoms with Crippen LogP contribution in [0.15, 0.2) is 6.07 Å². The molecule has 26 heavy (non-hydrogen) atoms. The first-order valence-corrected chi connectivity index (χ1v) is 10.4. The Morgan fingerprint density at radius 3 is 2.38 bits per heavy atom. The Hall–Kier alpha value is -1.40. The number of aliphatic hydroxyl groups excluding tert-OH is 1. The molecular formula is C20H29NO4S. The number of carboxylic acid groups (broad SMARTS) is 1. The van der Waals surface area contributed by atoms with Crippen LogP contribution in [0.25, 0.3) is 0 Å². The Morgan fingerprint density at radius 1 is 1.15 bits per heavy atom. The van der Waals surface area contributed by atoms with E-state index >= 15 is 0 Å². The van der Waals surface area contributed by atoms with Crippen LogP contribution in [-0.4, -0.2) is 34.2 Å². The van der Waals surface area contributed by atoms with E-state index in [1.54, 1.807) is 4.90 Å². The van der Waals surface area contributed by atoms with Crippen LogP contribution in [0.1, 0.15) is 80.3 Å². The van der Waals surface area contributed by atoms with Gasteiger partial charge in [0.05, 0.1) is 5.69 Å². The number of amides is 1. The maximum absolute atomic E-state index is 12.9. The average Bonchev–Trinajstić information content (AvgIpc) is 3.03. The summed E-state index contributed by atoms with van der Waals surface area (Å²) >= 11 is 1.25. The van der Waals surface area contributed by atoms with Crippen LogP contribution in [0.2, 0.25) is 0 Å². The molecule has 0 bridgehead atoms. The molecule has 1 aliphatic heterocycles. The van der Waals surface area contributed by atoms with Crippen LogP contribution >= 0.6 is 11.3 Å². The molecule has 2 N–H and O–H groups in total. The van der Waals surface area contributed by atoms with Crippen molar-refractivity contribution in [3.8, 4) is 0 Å². The molecule has 0 unspecified atom stereocenters. The number of aromatic carboxylic acids is 1. The molecule has 3 rings (SSSR count). The minimum absolute atomic E-state index is 0.00767. The van der Waals surface area contributed by atoms with Gasteiger partial charge in [-0.05, 0) is 43.1 Å². The van der Waals surface area contributed by atoms with Gasteiger partial charge in [-0.25, -0.2) is 4.79 Å². The number of piperidine rings is 1. The normalized spacial score (nSPS) is 25.5. The minimum Gasteiger partial charge on any atom is -0.477 e. The van der Waals surface area contributed by atoms with E-state index in [0.717, 1.165) is 37.0 Å². The first-order valence-electron chi connectivity index (χ1n) is 9.59. The highest BCUT2D eigenvalue weighted by molar-refractivity contribution is 7.14. The SMILES string of the molecule is CC(C)(C)c1cc(N2C(=O)[C@H](O)CC[C@H]2C2CCCCC2)c(C(=O)O)s1. The summed E-state index contributed by atoms with van der Waals surface area (Å²) in [6.45, 7) is 6.12. The molecule has 0 radical (unpaired) electrons. The van der Waals surface area contributed by atoms with Gasteiger partial charge in [0.25, 0.3) is 5.91 Å². The molecule has 2 aliphatic rings. The van der Waals surface area contributed by atoms with Gasteiger partial charge in [0.1, 0.15) is 11.0 Å². The predicted octanol–water partition coefficient (Wildman–Crippen LogP) is 4.18. The maximum Gasteiger partial charge on any atom is 0.348 e. The molecule has 2 fully saturated rings. The van der Waals surface area contributed by atoms with Crippen molar-refractivity contribution in [1.82, 2.24) is 0 Å². The number of aliphatic hydroxyl groups is 1. The monoisotopic (exact) mass is 379 g/mol. The smallest absolute Gasteiger partial charge is 0.348 e. The van der Waals surface area contributed by atoms with Gasteiger partial charge in [-0.1, -0.05) is 40.0 Å². The Bertz CT molecular complexity index is 684. The summed E-state index contributed by atoms with van der Waals surface area (Å²) in [7, 11) is 0. The number of thiophene rings is 1. The zero-order valence-electron chi connectivity index (χ0n) is 15.8. The standard InChI is InChI=1S/C20H29NO4S/c1-20(2,3)16-11-14(17(26-16)19(24)25)21-13(9-10-15(22)18(21)23)12-7-5-4-6-8-12/h11-13,15,22H,4-10H2,1-3H3,(H,24,25)/t13-,15+/m0/s1. The first kappa shape index (κ1) is 19.4. The molecule has 144 valence electrons. The van der Waals surface area contributed by atoms with Crippen molar-refractivity contribution in [3.05, 3.63) is 15.8 Å². The van der Waals surface area contributed by atoms with E-state index in [1.807, 2.05) is 26.8 Å². The van der Waals surface area contributed by atoms with Crippen molar-refractivity contribution in [2.45, 2.75) is 83.3 Å². The summed E-state index contributed by atoms with van der Waals surface area (Å²) in [6.07, 6.45) is 5.86. The van der Waals surface area contributed by atoms with Crippen molar-refractivity contribution < 1.29 is 19.8 Å². The summed E-state index contributed by atoms with van der Waals surface area (Å²) in [5.41, 5.74) is 0.289. The summed E-state index contributed by atoms with van der Waals surface area (Å²) in [5, 5.41) is 19.9. The van der Waals surface area contributed by atoms with Crippen molar-refractivity contribution >= 4 is 28.9 Å². The van der Waals surface area contributed by atoms with E-state index in [9.17, 15) is 19.8 Å². The lowest BCUT2D eigenvalue weighted by molar-refractivity contribution is -0.129. The number of rotatable bonds is 3. The van der Waals surface area contributed by atoms with Gasteiger partial charge in [-0.15, -0.1) is 11.3 Å². The van der Waals surface area contributed by atoms with Gasteiger partial charge >= 0.3 is 5.97 Å².